The lowest BCUT2D eigenvalue weighted by Crippen LogP contribution is -2.45. The molecule has 2 aromatic rings. The quantitative estimate of drug-likeness (QED) is 0.825. The zero-order valence-electron chi connectivity index (χ0n) is 16.0. The van der Waals surface area contributed by atoms with E-state index in [1.807, 2.05) is 37.3 Å². The molecular formula is C21H23N3O3S. The second kappa shape index (κ2) is 7.67. The van der Waals surface area contributed by atoms with Crippen molar-refractivity contribution in [3.8, 4) is 0 Å². The fourth-order valence-corrected chi connectivity index (χ4v) is 4.90. The molecule has 146 valence electrons. The Bertz CT molecular complexity index is 936. The highest BCUT2D eigenvalue weighted by Gasteiger charge is 2.34. The largest absolute Gasteiger partial charge is 0.450 e. The number of thiophene rings is 1. The highest BCUT2D eigenvalue weighted by molar-refractivity contribution is 7.16. The number of benzene rings is 1. The zero-order valence-corrected chi connectivity index (χ0v) is 16.8. The van der Waals surface area contributed by atoms with Gasteiger partial charge in [0.2, 0.25) is 0 Å². The number of carbonyl (C=O) groups is 2. The van der Waals surface area contributed by atoms with Gasteiger partial charge in [0.15, 0.2) is 0 Å². The van der Waals surface area contributed by atoms with Gasteiger partial charge in [-0.05, 0) is 37.0 Å². The molecular weight excluding hydrogens is 374 g/mol. The van der Waals surface area contributed by atoms with Crippen LogP contribution in [0, 0.1) is 0 Å². The van der Waals surface area contributed by atoms with Gasteiger partial charge in [0.1, 0.15) is 11.2 Å². The van der Waals surface area contributed by atoms with Crippen LogP contribution in [0.5, 0.6) is 0 Å². The second-order valence-corrected chi connectivity index (χ2v) is 8.03. The summed E-state index contributed by atoms with van der Waals surface area (Å²) < 4.78 is 5.11. The maximum atomic E-state index is 12.8. The Morgan fingerprint density at radius 3 is 2.86 bits per heavy atom. The number of hydrogen-bond acceptors (Lipinski definition) is 5. The number of hydrogen-bond donors (Lipinski definition) is 2. The number of carbonyl (C=O) groups excluding carboxylic acids is 2. The van der Waals surface area contributed by atoms with Crippen molar-refractivity contribution in [2.45, 2.75) is 33.0 Å². The van der Waals surface area contributed by atoms with Crippen LogP contribution in [0.1, 0.15) is 40.2 Å². The third kappa shape index (κ3) is 3.49. The molecule has 2 aliphatic heterocycles. The average Bonchev–Trinajstić information content (AvgIpc) is 3.07. The van der Waals surface area contributed by atoms with E-state index in [1.54, 1.807) is 23.2 Å². The Balaban J connectivity index is 1.56. The molecule has 0 bridgehead atoms. The Hall–Kier alpha value is -2.80. The van der Waals surface area contributed by atoms with E-state index in [-0.39, 0.29) is 18.2 Å². The predicted molar refractivity (Wildman–Crippen MR) is 110 cm³/mol. The highest BCUT2D eigenvalue weighted by atomic mass is 32.1. The SMILES string of the molecule is CCOC(=O)N1CCc2c(sc3c2C(=O)N[C@H](/C(C)=C/c2ccccc2)N3)C1. The van der Waals surface area contributed by atoms with Crippen LogP contribution in [-0.4, -0.2) is 36.2 Å². The van der Waals surface area contributed by atoms with E-state index in [1.165, 1.54) is 0 Å². The second-order valence-electron chi connectivity index (χ2n) is 6.93. The van der Waals surface area contributed by atoms with E-state index in [2.05, 4.69) is 16.7 Å². The van der Waals surface area contributed by atoms with Crippen molar-refractivity contribution in [3.05, 3.63) is 57.5 Å². The summed E-state index contributed by atoms with van der Waals surface area (Å²) in [6.07, 6.45) is 2.19. The topological polar surface area (TPSA) is 70.7 Å². The molecule has 1 aromatic heterocycles. The van der Waals surface area contributed by atoms with Gasteiger partial charge in [-0.2, -0.15) is 0 Å². The summed E-state index contributed by atoms with van der Waals surface area (Å²) in [5, 5.41) is 7.40. The summed E-state index contributed by atoms with van der Waals surface area (Å²) in [5.74, 6) is -0.0540. The molecule has 0 radical (unpaired) electrons. The van der Waals surface area contributed by atoms with E-state index >= 15 is 0 Å². The fraction of sp³-hybridized carbons (Fsp3) is 0.333. The molecule has 2 N–H and O–H groups in total. The van der Waals surface area contributed by atoms with Crippen LogP contribution in [0.3, 0.4) is 0 Å². The Labute approximate surface area is 168 Å². The maximum Gasteiger partial charge on any atom is 0.410 e. The van der Waals surface area contributed by atoms with Gasteiger partial charge in [-0.15, -0.1) is 11.3 Å². The van der Waals surface area contributed by atoms with Crippen LogP contribution in [0.25, 0.3) is 6.08 Å². The van der Waals surface area contributed by atoms with Crippen molar-refractivity contribution in [2.24, 2.45) is 0 Å². The van der Waals surface area contributed by atoms with Crippen LogP contribution >= 0.6 is 11.3 Å². The van der Waals surface area contributed by atoms with Gasteiger partial charge in [0.25, 0.3) is 5.91 Å². The number of anilines is 1. The first-order valence-corrected chi connectivity index (χ1v) is 10.3. The molecule has 2 aliphatic rings. The van der Waals surface area contributed by atoms with E-state index in [9.17, 15) is 9.59 Å². The average molecular weight is 398 g/mol. The summed E-state index contributed by atoms with van der Waals surface area (Å²) in [6, 6.07) is 10.0. The first kappa shape index (κ1) is 18.6. The van der Waals surface area contributed by atoms with Gasteiger partial charge < -0.3 is 20.3 Å². The number of nitrogens with zero attached hydrogens (tertiary/aromatic N) is 1. The van der Waals surface area contributed by atoms with Gasteiger partial charge in [0.05, 0.1) is 18.7 Å². The number of ether oxygens (including phenoxy) is 1. The highest BCUT2D eigenvalue weighted by Crippen LogP contribution is 2.39. The van der Waals surface area contributed by atoms with E-state index in [4.69, 9.17) is 4.74 Å². The molecule has 1 atom stereocenters. The van der Waals surface area contributed by atoms with Crippen LogP contribution in [-0.2, 0) is 17.7 Å². The van der Waals surface area contributed by atoms with Crippen molar-refractivity contribution in [2.75, 3.05) is 18.5 Å². The summed E-state index contributed by atoms with van der Waals surface area (Å²) >= 11 is 1.56. The van der Waals surface area contributed by atoms with E-state index in [0.29, 0.717) is 26.1 Å². The summed E-state index contributed by atoms with van der Waals surface area (Å²) in [7, 11) is 0. The van der Waals surface area contributed by atoms with Crippen LogP contribution in [0.15, 0.2) is 35.9 Å². The molecule has 7 heteroatoms. The summed E-state index contributed by atoms with van der Waals surface area (Å²) in [6.45, 7) is 5.23. The van der Waals surface area contributed by atoms with E-state index < -0.39 is 0 Å². The number of amides is 2. The summed E-state index contributed by atoms with van der Waals surface area (Å²) in [4.78, 5) is 27.6. The minimum Gasteiger partial charge on any atom is -0.450 e. The Morgan fingerprint density at radius 1 is 1.32 bits per heavy atom. The number of fused-ring (bicyclic) bond motifs is 3. The van der Waals surface area contributed by atoms with E-state index in [0.717, 1.165) is 32.1 Å². The predicted octanol–water partition coefficient (Wildman–Crippen LogP) is 3.85. The molecule has 0 fully saturated rings. The van der Waals surface area contributed by atoms with Crippen molar-refractivity contribution < 1.29 is 14.3 Å². The fourth-order valence-electron chi connectivity index (χ4n) is 3.61. The normalized spacial score (nSPS) is 18.6. The monoisotopic (exact) mass is 397 g/mol. The first-order chi connectivity index (χ1) is 13.6. The van der Waals surface area contributed by atoms with Gasteiger partial charge in [-0.25, -0.2) is 4.79 Å². The summed E-state index contributed by atoms with van der Waals surface area (Å²) in [5.41, 5.74) is 3.91. The molecule has 2 amide bonds. The van der Waals surface area contributed by atoms with Crippen LogP contribution in [0.4, 0.5) is 9.80 Å². The first-order valence-electron chi connectivity index (χ1n) is 9.43. The molecule has 3 heterocycles. The Kier molecular flexibility index (Phi) is 5.09. The molecule has 0 spiro atoms. The van der Waals surface area contributed by atoms with Gasteiger partial charge >= 0.3 is 6.09 Å². The van der Waals surface area contributed by atoms with Crippen molar-refractivity contribution in [3.63, 3.8) is 0 Å². The minimum atomic E-state index is -0.295. The molecule has 0 aliphatic carbocycles. The molecule has 6 nitrogen and oxygen atoms in total. The standard InChI is InChI=1S/C21H23N3O3S/c1-3-27-21(26)24-10-9-15-16(12-24)28-20-17(15)19(25)22-18(23-20)13(2)11-14-7-5-4-6-8-14/h4-8,11,18,23H,3,9-10,12H2,1-2H3,(H,22,25)/b13-11+/t18-/m0/s1. The lowest BCUT2D eigenvalue weighted by Gasteiger charge is -2.28. The van der Waals surface area contributed by atoms with Crippen LogP contribution in [0.2, 0.25) is 0 Å². The third-order valence-corrected chi connectivity index (χ3v) is 6.16. The van der Waals surface area contributed by atoms with Crippen LogP contribution < -0.4 is 10.6 Å². The van der Waals surface area contributed by atoms with Crippen molar-refractivity contribution in [1.82, 2.24) is 10.2 Å². The molecule has 0 saturated carbocycles. The van der Waals surface area contributed by atoms with Crippen molar-refractivity contribution in [1.29, 1.82) is 0 Å². The molecule has 4 rings (SSSR count). The molecule has 28 heavy (non-hydrogen) atoms. The molecule has 0 unspecified atom stereocenters. The molecule has 1 aromatic carbocycles. The maximum absolute atomic E-state index is 12.8. The smallest absolute Gasteiger partial charge is 0.410 e. The van der Waals surface area contributed by atoms with Gasteiger partial charge in [0, 0.05) is 11.4 Å². The number of nitrogens with one attached hydrogen (secondary N) is 2. The van der Waals surface area contributed by atoms with Gasteiger partial charge in [-0.1, -0.05) is 36.4 Å². The lowest BCUT2D eigenvalue weighted by atomic mass is 10.0. The minimum absolute atomic E-state index is 0.0540. The molecule has 0 saturated heterocycles. The Morgan fingerprint density at radius 2 is 2.11 bits per heavy atom. The zero-order chi connectivity index (χ0) is 19.7. The van der Waals surface area contributed by atoms with Gasteiger partial charge in [-0.3, -0.25) is 4.79 Å². The number of rotatable bonds is 3. The third-order valence-electron chi connectivity index (χ3n) is 5.01. The van der Waals surface area contributed by atoms with Crippen molar-refractivity contribution >= 4 is 34.4 Å². The lowest BCUT2D eigenvalue weighted by molar-refractivity contribution is 0.0940.